The first-order chi connectivity index (χ1) is 15.1. The maximum absolute atomic E-state index is 11.3. The van der Waals surface area contributed by atoms with Gasteiger partial charge in [0.15, 0.2) is 0 Å². The molecule has 0 amide bonds. The third kappa shape index (κ3) is 2.67. The Morgan fingerprint density at radius 3 is 2.65 bits per heavy atom. The van der Waals surface area contributed by atoms with Crippen LogP contribution in [0.5, 0.6) is 5.75 Å². The molecule has 6 rings (SSSR count). The van der Waals surface area contributed by atoms with Crippen LogP contribution in [0.2, 0.25) is 0 Å². The van der Waals surface area contributed by atoms with Crippen molar-refractivity contribution in [3.05, 3.63) is 75.8 Å². The van der Waals surface area contributed by atoms with Gasteiger partial charge in [-0.25, -0.2) is 0 Å². The van der Waals surface area contributed by atoms with Gasteiger partial charge in [0.1, 0.15) is 5.75 Å². The second-order valence-corrected chi connectivity index (χ2v) is 9.80. The molecule has 2 nitrogen and oxygen atoms in total. The maximum Gasteiger partial charge on any atom is 0.116 e. The number of hydrogen-bond donors (Lipinski definition) is 2. The van der Waals surface area contributed by atoms with Crippen LogP contribution < -0.4 is 0 Å². The summed E-state index contributed by atoms with van der Waals surface area (Å²) < 4.78 is 0. The molecule has 0 radical (unpaired) electrons. The Bertz CT molecular complexity index is 1210. The van der Waals surface area contributed by atoms with E-state index >= 15 is 0 Å². The van der Waals surface area contributed by atoms with Crippen LogP contribution in [0.15, 0.2) is 42.5 Å². The van der Waals surface area contributed by atoms with E-state index in [1.54, 1.807) is 0 Å². The Labute approximate surface area is 184 Å². The molecule has 3 aliphatic carbocycles. The fourth-order valence-corrected chi connectivity index (χ4v) is 6.69. The first-order valence-electron chi connectivity index (χ1n) is 11.9. The molecule has 31 heavy (non-hydrogen) atoms. The van der Waals surface area contributed by atoms with Gasteiger partial charge in [-0.15, -0.1) is 0 Å². The number of aromatic hydroxyl groups is 1. The summed E-state index contributed by atoms with van der Waals surface area (Å²) in [6.45, 7) is 4.47. The van der Waals surface area contributed by atoms with Crippen LogP contribution >= 0.6 is 0 Å². The zero-order valence-corrected chi connectivity index (χ0v) is 18.4. The fourth-order valence-electron chi connectivity index (χ4n) is 6.69. The fraction of sp³-hybridized carbons (Fsp3) is 0.379. The standard InChI is InChI=1S/C29H30O2/c1-3-4-5-9-20-21-11-10-19(30)14-22(21)28-23(20)15-24-26-16(2)7-6-8-17(26)12-18-13-25(31)29(28)27(18)24/h6-8,10-11,14-15,18,20,25,30-31H,3-5,9,12-13H2,1-2H3/t18?,20?,25-/m0/s1. The highest BCUT2D eigenvalue weighted by Gasteiger charge is 2.42. The molecule has 0 heterocycles. The Kier molecular flexibility index (Phi) is 4.30. The Morgan fingerprint density at radius 1 is 0.935 bits per heavy atom. The summed E-state index contributed by atoms with van der Waals surface area (Å²) in [5, 5.41) is 21.6. The van der Waals surface area contributed by atoms with Gasteiger partial charge in [-0.05, 0) is 106 Å². The van der Waals surface area contributed by atoms with E-state index in [0.717, 1.165) is 30.4 Å². The second-order valence-electron chi connectivity index (χ2n) is 9.80. The van der Waals surface area contributed by atoms with E-state index in [0.29, 0.717) is 17.6 Å². The van der Waals surface area contributed by atoms with Crippen LogP contribution in [0.1, 0.15) is 90.3 Å². The summed E-state index contributed by atoms with van der Waals surface area (Å²) >= 11 is 0. The minimum absolute atomic E-state index is 0.314. The largest absolute Gasteiger partial charge is 0.508 e. The maximum atomic E-state index is 11.3. The Morgan fingerprint density at radius 2 is 1.81 bits per heavy atom. The molecule has 2 N–H and O–H groups in total. The number of aliphatic hydroxyl groups is 1. The molecule has 3 aliphatic rings. The van der Waals surface area contributed by atoms with Crippen LogP contribution in [-0.4, -0.2) is 10.2 Å². The van der Waals surface area contributed by atoms with Crippen molar-refractivity contribution in [2.45, 2.75) is 70.3 Å². The van der Waals surface area contributed by atoms with Crippen molar-refractivity contribution in [1.29, 1.82) is 0 Å². The van der Waals surface area contributed by atoms with Gasteiger partial charge in [0.05, 0.1) is 6.10 Å². The quantitative estimate of drug-likeness (QED) is 0.449. The lowest BCUT2D eigenvalue weighted by atomic mass is 9.76. The van der Waals surface area contributed by atoms with Gasteiger partial charge in [-0.3, -0.25) is 0 Å². The molecule has 3 aromatic rings. The number of aliphatic hydroxyl groups excluding tert-OH is 1. The van der Waals surface area contributed by atoms with E-state index in [1.807, 2.05) is 12.1 Å². The molecule has 2 heteroatoms. The van der Waals surface area contributed by atoms with E-state index in [9.17, 15) is 10.2 Å². The van der Waals surface area contributed by atoms with Crippen molar-refractivity contribution in [1.82, 2.24) is 0 Å². The van der Waals surface area contributed by atoms with Gasteiger partial charge in [0, 0.05) is 5.92 Å². The summed E-state index contributed by atoms with van der Waals surface area (Å²) in [7, 11) is 0. The van der Waals surface area contributed by atoms with E-state index < -0.39 is 6.10 Å². The van der Waals surface area contributed by atoms with Crippen molar-refractivity contribution < 1.29 is 10.2 Å². The summed E-state index contributed by atoms with van der Waals surface area (Å²) in [6, 6.07) is 15.0. The topological polar surface area (TPSA) is 40.5 Å². The predicted molar refractivity (Wildman–Crippen MR) is 126 cm³/mol. The number of fused-ring (bicyclic) bond motifs is 6. The highest BCUT2D eigenvalue weighted by Crippen LogP contribution is 2.60. The van der Waals surface area contributed by atoms with Gasteiger partial charge in [-0.1, -0.05) is 50.5 Å². The lowest BCUT2D eigenvalue weighted by Gasteiger charge is -2.28. The first-order valence-corrected chi connectivity index (χ1v) is 11.9. The van der Waals surface area contributed by atoms with Gasteiger partial charge in [-0.2, -0.15) is 0 Å². The molecule has 3 aromatic carbocycles. The molecule has 0 bridgehead atoms. The number of hydrogen-bond acceptors (Lipinski definition) is 2. The van der Waals surface area contributed by atoms with Crippen LogP contribution in [0.25, 0.3) is 22.3 Å². The van der Waals surface area contributed by atoms with E-state index in [1.165, 1.54) is 63.8 Å². The minimum atomic E-state index is -0.423. The monoisotopic (exact) mass is 410 g/mol. The number of unbranched alkanes of at least 4 members (excludes halogenated alkanes) is 2. The molecule has 3 atom stereocenters. The lowest BCUT2D eigenvalue weighted by Crippen LogP contribution is -2.11. The average molecular weight is 411 g/mol. The van der Waals surface area contributed by atoms with Gasteiger partial charge in [0.25, 0.3) is 0 Å². The Balaban J connectivity index is 1.64. The highest BCUT2D eigenvalue weighted by molar-refractivity contribution is 5.90. The zero-order chi connectivity index (χ0) is 21.3. The second kappa shape index (κ2) is 6.97. The lowest BCUT2D eigenvalue weighted by molar-refractivity contribution is 0.173. The van der Waals surface area contributed by atoms with Crippen LogP contribution in [0.3, 0.4) is 0 Å². The molecule has 0 aromatic heterocycles. The summed E-state index contributed by atoms with van der Waals surface area (Å²) in [5.74, 6) is 1.05. The first kappa shape index (κ1) is 19.1. The molecular weight excluding hydrogens is 380 g/mol. The van der Waals surface area contributed by atoms with Crippen LogP contribution in [0, 0.1) is 6.92 Å². The molecule has 0 saturated carbocycles. The number of phenols is 1. The number of benzene rings is 3. The predicted octanol–water partition coefficient (Wildman–Crippen LogP) is 7.14. The van der Waals surface area contributed by atoms with Crippen molar-refractivity contribution >= 4 is 0 Å². The molecule has 0 saturated heterocycles. The molecule has 0 aliphatic heterocycles. The molecule has 2 unspecified atom stereocenters. The SMILES string of the molecule is CCCCCC1c2ccc(O)cc2-c2c1cc1c3c2[C@@H](O)CC3Cc2cccc(C)c2-1. The van der Waals surface area contributed by atoms with Crippen molar-refractivity contribution in [2.24, 2.45) is 0 Å². The van der Waals surface area contributed by atoms with Crippen LogP contribution in [-0.2, 0) is 6.42 Å². The van der Waals surface area contributed by atoms with Gasteiger partial charge < -0.3 is 10.2 Å². The number of aryl methyl sites for hydroxylation is 1. The summed E-state index contributed by atoms with van der Waals surface area (Å²) in [6.07, 6.45) is 6.17. The summed E-state index contributed by atoms with van der Waals surface area (Å²) in [5.41, 5.74) is 13.1. The average Bonchev–Trinajstić information content (AvgIpc) is 3.23. The van der Waals surface area contributed by atoms with Gasteiger partial charge in [0.2, 0.25) is 0 Å². The number of phenolic OH excluding ortho intramolecular Hbond substituents is 1. The normalized spacial score (nSPS) is 22.1. The molecule has 158 valence electrons. The molecule has 0 fully saturated rings. The third-order valence-corrected chi connectivity index (χ3v) is 7.94. The van der Waals surface area contributed by atoms with E-state index in [4.69, 9.17) is 0 Å². The third-order valence-electron chi connectivity index (χ3n) is 7.94. The molecular formula is C29H30O2. The van der Waals surface area contributed by atoms with Crippen LogP contribution in [0.4, 0.5) is 0 Å². The van der Waals surface area contributed by atoms with Crippen molar-refractivity contribution in [3.8, 4) is 28.0 Å². The van der Waals surface area contributed by atoms with E-state index in [-0.39, 0.29) is 0 Å². The summed E-state index contributed by atoms with van der Waals surface area (Å²) in [4.78, 5) is 0. The van der Waals surface area contributed by atoms with Crippen molar-refractivity contribution in [3.63, 3.8) is 0 Å². The van der Waals surface area contributed by atoms with E-state index in [2.05, 4.69) is 44.2 Å². The smallest absolute Gasteiger partial charge is 0.116 e. The number of rotatable bonds is 4. The molecule has 0 spiro atoms. The van der Waals surface area contributed by atoms with Gasteiger partial charge >= 0.3 is 0 Å². The Hall–Kier alpha value is -2.58. The highest BCUT2D eigenvalue weighted by atomic mass is 16.3. The van der Waals surface area contributed by atoms with Crippen molar-refractivity contribution in [2.75, 3.05) is 0 Å². The zero-order valence-electron chi connectivity index (χ0n) is 18.4. The minimum Gasteiger partial charge on any atom is -0.508 e.